The maximum absolute atomic E-state index is 14.1. The van der Waals surface area contributed by atoms with Crippen LogP contribution in [0.1, 0.15) is 60.7 Å². The van der Waals surface area contributed by atoms with E-state index in [0.717, 1.165) is 24.8 Å². The Morgan fingerprint density at radius 1 is 1.02 bits per heavy atom. The first-order chi connectivity index (χ1) is 19.2. The van der Waals surface area contributed by atoms with E-state index in [0.29, 0.717) is 12.8 Å². The van der Waals surface area contributed by atoms with Crippen molar-refractivity contribution in [3.63, 3.8) is 0 Å². The van der Waals surface area contributed by atoms with E-state index in [4.69, 9.17) is 20.7 Å². The van der Waals surface area contributed by atoms with Crippen LogP contribution >= 0.6 is 7.60 Å². The largest absolute Gasteiger partial charge is 0.479 e. The lowest BCUT2D eigenvalue weighted by Crippen LogP contribution is -2.25. The Kier molecular flexibility index (Phi) is 9.42. The van der Waals surface area contributed by atoms with Crippen LogP contribution in [-0.4, -0.2) is 32.6 Å². The summed E-state index contributed by atoms with van der Waals surface area (Å²) in [4.78, 5) is 40.7. The third kappa shape index (κ3) is 7.18. The van der Waals surface area contributed by atoms with Gasteiger partial charge in [0, 0.05) is 11.9 Å². The molecule has 212 valence electrons. The van der Waals surface area contributed by atoms with E-state index in [1.807, 2.05) is 30.3 Å². The average molecular weight is 569 g/mol. The smallest absolute Gasteiger partial charge is 0.418 e. The van der Waals surface area contributed by atoms with Gasteiger partial charge < -0.3 is 26.2 Å². The Morgan fingerprint density at radius 3 is 2.42 bits per heavy atom. The number of hydrogen-bond acceptors (Lipinski definition) is 6. The average Bonchev–Trinajstić information content (AvgIpc) is 3.40. The van der Waals surface area contributed by atoms with Gasteiger partial charge in [0.2, 0.25) is 0 Å². The number of aliphatic imine (C=N–C) groups is 1. The minimum absolute atomic E-state index is 0.0197. The molecule has 1 saturated carbocycles. The molecule has 6 N–H and O–H groups in total. The molecule has 12 heteroatoms. The van der Waals surface area contributed by atoms with Gasteiger partial charge in [-0.2, -0.15) is 0 Å². The van der Waals surface area contributed by atoms with Crippen LogP contribution in [0.15, 0.2) is 77.9 Å². The number of carboxylic acids is 1. The fraction of sp³-hybridized carbons (Fsp3) is 0.321. The third-order valence-electron chi connectivity index (χ3n) is 6.84. The molecule has 0 radical (unpaired) electrons. The van der Waals surface area contributed by atoms with Crippen LogP contribution in [0.4, 0.5) is 10.5 Å². The number of hydrogen-bond donors (Lipinski definition) is 4. The van der Waals surface area contributed by atoms with E-state index in [2.05, 4.69) is 4.99 Å². The van der Waals surface area contributed by atoms with E-state index in [9.17, 15) is 24.2 Å². The Bertz CT molecular complexity index is 1400. The maximum Gasteiger partial charge on any atom is 0.418 e. The van der Waals surface area contributed by atoms with Crippen molar-refractivity contribution in [1.29, 1.82) is 0 Å². The number of aromatic nitrogens is 1. The van der Waals surface area contributed by atoms with Gasteiger partial charge in [0.05, 0.1) is 5.69 Å². The lowest BCUT2D eigenvalue weighted by Gasteiger charge is -2.34. The van der Waals surface area contributed by atoms with Crippen LogP contribution in [0.3, 0.4) is 0 Å². The van der Waals surface area contributed by atoms with Gasteiger partial charge in [-0.25, -0.2) is 14.6 Å². The van der Waals surface area contributed by atoms with Crippen molar-refractivity contribution in [3.8, 4) is 0 Å². The zero-order chi connectivity index (χ0) is 28.7. The minimum atomic E-state index is -4.72. The predicted octanol–water partition coefficient (Wildman–Crippen LogP) is 5.23. The molecule has 0 saturated heterocycles. The summed E-state index contributed by atoms with van der Waals surface area (Å²) in [5.41, 5.74) is 11.1. The highest BCUT2D eigenvalue weighted by atomic mass is 31.2. The topological polar surface area (TPSA) is 179 Å². The lowest BCUT2D eigenvalue weighted by molar-refractivity contribution is -0.145. The fourth-order valence-corrected chi connectivity index (χ4v) is 7.11. The summed E-state index contributed by atoms with van der Waals surface area (Å²) in [6.07, 6.45) is 2.86. The van der Waals surface area contributed by atoms with Crippen molar-refractivity contribution in [2.45, 2.75) is 50.5 Å². The maximum atomic E-state index is 14.1. The molecule has 1 aliphatic rings. The molecule has 0 amide bonds. The second-order valence-electron chi connectivity index (χ2n) is 9.71. The highest BCUT2D eigenvalue weighted by Gasteiger charge is 2.45. The van der Waals surface area contributed by atoms with Crippen LogP contribution in [0, 0.1) is 5.92 Å². The third-order valence-corrected chi connectivity index (χ3v) is 8.75. The van der Waals surface area contributed by atoms with E-state index in [1.165, 1.54) is 29.0 Å². The van der Waals surface area contributed by atoms with Crippen molar-refractivity contribution < 1.29 is 33.4 Å². The number of nitrogens with two attached hydrogens (primary N) is 2. The highest BCUT2D eigenvalue weighted by molar-refractivity contribution is 7.53. The first-order valence-electron chi connectivity index (χ1n) is 13.0. The van der Waals surface area contributed by atoms with Crippen molar-refractivity contribution in [2.75, 3.05) is 0 Å². The van der Waals surface area contributed by atoms with Gasteiger partial charge in [-0.3, -0.25) is 13.7 Å². The van der Waals surface area contributed by atoms with Crippen LogP contribution in [0.25, 0.3) is 0 Å². The number of guanidine groups is 1. The van der Waals surface area contributed by atoms with Gasteiger partial charge in [-0.15, -0.1) is 0 Å². The molecule has 4 rings (SSSR count). The quantitative estimate of drug-likeness (QED) is 0.145. The summed E-state index contributed by atoms with van der Waals surface area (Å²) in [5.74, 6) is -2.01. The zero-order valence-electron chi connectivity index (χ0n) is 21.8. The van der Waals surface area contributed by atoms with Crippen molar-refractivity contribution in [3.05, 3.63) is 89.7 Å². The van der Waals surface area contributed by atoms with Gasteiger partial charge in [-0.05, 0) is 54.2 Å². The number of rotatable bonds is 10. The molecule has 0 spiro atoms. The summed E-state index contributed by atoms with van der Waals surface area (Å²) in [5, 5.41) is 9.98. The minimum Gasteiger partial charge on any atom is -0.479 e. The molecule has 11 nitrogen and oxygen atoms in total. The van der Waals surface area contributed by atoms with Gasteiger partial charge in [0.15, 0.2) is 12.1 Å². The van der Waals surface area contributed by atoms with Crippen molar-refractivity contribution in [2.24, 2.45) is 22.4 Å². The van der Waals surface area contributed by atoms with Crippen LogP contribution in [0.5, 0.6) is 0 Å². The summed E-state index contributed by atoms with van der Waals surface area (Å²) < 4.78 is 26.3. The molecule has 0 bridgehead atoms. The Labute approximate surface area is 232 Å². The highest BCUT2D eigenvalue weighted by Crippen LogP contribution is 2.64. The van der Waals surface area contributed by atoms with E-state index >= 15 is 0 Å². The number of carbonyl (C=O) groups is 2. The Hall–Kier alpha value is -3.92. The first kappa shape index (κ1) is 29.1. The normalized spacial score (nSPS) is 16.8. The van der Waals surface area contributed by atoms with Crippen LogP contribution < -0.4 is 11.5 Å². The van der Waals surface area contributed by atoms with Gasteiger partial charge in [-0.1, -0.05) is 61.7 Å². The molecular formula is C28H33N4O7P. The number of aliphatic carboxylic acids is 1. The van der Waals surface area contributed by atoms with E-state index in [-0.39, 0.29) is 35.4 Å². The van der Waals surface area contributed by atoms with Crippen LogP contribution in [-0.2, 0) is 25.2 Å². The molecule has 2 aromatic carbocycles. The molecule has 1 aromatic heterocycles. The molecular weight excluding hydrogens is 535 g/mol. The SMILES string of the molecule is NC(N)=Nc1cccc(C(OP(=O)(O)C(c2cccn2C(=O)OCc2ccccc2)C2CCCCC2)C(=O)O)c1. The fourth-order valence-electron chi connectivity index (χ4n) is 5.09. The Balaban J connectivity index is 1.66. The number of ether oxygens (including phenoxy) is 1. The summed E-state index contributed by atoms with van der Waals surface area (Å²) in [6.45, 7) is 0.0197. The number of nitrogens with zero attached hydrogens (tertiary/aromatic N) is 2. The van der Waals surface area contributed by atoms with Crippen molar-refractivity contribution >= 4 is 31.3 Å². The lowest BCUT2D eigenvalue weighted by atomic mass is 9.85. The number of carboxylic acid groups (broad SMARTS) is 1. The zero-order valence-corrected chi connectivity index (χ0v) is 22.7. The predicted molar refractivity (Wildman–Crippen MR) is 149 cm³/mol. The van der Waals surface area contributed by atoms with Crippen LogP contribution in [0.2, 0.25) is 0 Å². The monoisotopic (exact) mass is 568 g/mol. The second-order valence-corrected chi connectivity index (χ2v) is 11.6. The second kappa shape index (κ2) is 13.0. The van der Waals surface area contributed by atoms with E-state index < -0.39 is 31.4 Å². The van der Waals surface area contributed by atoms with Gasteiger partial charge in [0.1, 0.15) is 12.3 Å². The number of carbonyl (C=O) groups excluding carboxylic acids is 1. The molecule has 3 unspecified atom stereocenters. The standard InChI is InChI=1S/C28H33N4O7P/c29-27(30)31-22-14-7-13-21(17-22)24(26(33)34)39-40(36,37)25(20-11-5-2-6-12-20)23-15-8-16-32(23)28(35)38-18-19-9-3-1-4-10-19/h1,3-4,7-10,13-17,20,24-25H,2,5-6,11-12,18H2,(H,33,34)(H,36,37)(H4,29,30,31). The summed E-state index contributed by atoms with van der Waals surface area (Å²) in [7, 11) is -4.72. The summed E-state index contributed by atoms with van der Waals surface area (Å²) >= 11 is 0. The van der Waals surface area contributed by atoms with E-state index in [1.54, 1.807) is 18.2 Å². The molecule has 40 heavy (non-hydrogen) atoms. The molecule has 3 aromatic rings. The first-order valence-corrected chi connectivity index (χ1v) is 14.6. The Morgan fingerprint density at radius 2 is 1.75 bits per heavy atom. The van der Waals surface area contributed by atoms with Crippen molar-refractivity contribution in [1.82, 2.24) is 4.57 Å². The molecule has 0 aliphatic heterocycles. The number of benzene rings is 2. The summed E-state index contributed by atoms with van der Waals surface area (Å²) in [6, 6.07) is 18.2. The molecule has 1 aliphatic carbocycles. The molecule has 3 atom stereocenters. The molecule has 1 fully saturated rings. The molecule has 1 heterocycles. The van der Waals surface area contributed by atoms with Gasteiger partial charge >= 0.3 is 19.7 Å². The van der Waals surface area contributed by atoms with Gasteiger partial charge in [0.25, 0.3) is 0 Å².